The van der Waals surface area contributed by atoms with Crippen LogP contribution in [0.25, 0.3) is 0 Å². The maximum Gasteiger partial charge on any atom is 0.407 e. The van der Waals surface area contributed by atoms with E-state index in [2.05, 4.69) is 17.4 Å². The number of benzene rings is 1. The van der Waals surface area contributed by atoms with Crippen LogP contribution in [0.2, 0.25) is 0 Å². The van der Waals surface area contributed by atoms with Crippen molar-refractivity contribution in [3.8, 4) is 0 Å². The Balaban J connectivity index is 1.87. The van der Waals surface area contributed by atoms with Gasteiger partial charge >= 0.3 is 12.1 Å². The molecule has 138 valence electrons. The molecule has 0 aliphatic carbocycles. The normalized spacial score (nSPS) is 16.4. The van der Waals surface area contributed by atoms with Crippen molar-refractivity contribution in [2.24, 2.45) is 0 Å². The molecule has 25 heavy (non-hydrogen) atoms. The maximum absolute atomic E-state index is 11.8. The van der Waals surface area contributed by atoms with E-state index in [1.807, 2.05) is 37.8 Å². The molecule has 0 bridgehead atoms. The standard InChI is InChI=1S/C19H28N2O4/c1-19(2,3)25-18(24)20-12-14-5-4-6-16(11-14)15-7-9-21(10-8-15)13-17(22)23/h4-6,11,15H,7-10,12-13H2,1-3H3,(H,20,24)(H,22,23). The number of carbonyl (C=O) groups is 2. The van der Waals surface area contributed by atoms with E-state index in [-0.39, 0.29) is 6.54 Å². The van der Waals surface area contributed by atoms with Crippen LogP contribution in [0.4, 0.5) is 4.79 Å². The van der Waals surface area contributed by atoms with E-state index in [9.17, 15) is 9.59 Å². The second kappa shape index (κ2) is 8.34. The number of carbonyl (C=O) groups excluding carboxylic acids is 1. The lowest BCUT2D eigenvalue weighted by Crippen LogP contribution is -2.36. The van der Waals surface area contributed by atoms with Crippen molar-refractivity contribution < 1.29 is 19.4 Å². The average Bonchev–Trinajstić information content (AvgIpc) is 2.52. The number of hydrogen-bond donors (Lipinski definition) is 2. The highest BCUT2D eigenvalue weighted by Gasteiger charge is 2.22. The number of carboxylic acid groups (broad SMARTS) is 1. The first kappa shape index (κ1) is 19.2. The minimum Gasteiger partial charge on any atom is -0.480 e. The molecule has 2 N–H and O–H groups in total. The van der Waals surface area contributed by atoms with Gasteiger partial charge in [-0.3, -0.25) is 9.69 Å². The smallest absolute Gasteiger partial charge is 0.407 e. The zero-order valence-electron chi connectivity index (χ0n) is 15.2. The molecule has 0 atom stereocenters. The Hall–Kier alpha value is -2.08. The quantitative estimate of drug-likeness (QED) is 0.855. The van der Waals surface area contributed by atoms with Gasteiger partial charge in [0.2, 0.25) is 0 Å². The largest absolute Gasteiger partial charge is 0.480 e. The molecule has 1 fully saturated rings. The number of amides is 1. The minimum absolute atomic E-state index is 0.118. The highest BCUT2D eigenvalue weighted by molar-refractivity contribution is 5.69. The zero-order chi connectivity index (χ0) is 18.4. The summed E-state index contributed by atoms with van der Waals surface area (Å²) >= 11 is 0. The first-order chi connectivity index (χ1) is 11.7. The summed E-state index contributed by atoms with van der Waals surface area (Å²) in [6.07, 6.45) is 1.49. The SMILES string of the molecule is CC(C)(C)OC(=O)NCc1cccc(C2CCN(CC(=O)O)CC2)c1. The number of hydrogen-bond acceptors (Lipinski definition) is 4. The van der Waals surface area contributed by atoms with Gasteiger partial charge in [0.15, 0.2) is 0 Å². The van der Waals surface area contributed by atoms with Crippen LogP contribution in [0.1, 0.15) is 50.7 Å². The summed E-state index contributed by atoms with van der Waals surface area (Å²) < 4.78 is 5.25. The summed E-state index contributed by atoms with van der Waals surface area (Å²) in [5, 5.41) is 11.7. The number of nitrogens with one attached hydrogen (secondary N) is 1. The van der Waals surface area contributed by atoms with Crippen molar-refractivity contribution in [2.45, 2.75) is 51.7 Å². The van der Waals surface area contributed by atoms with Gasteiger partial charge in [0, 0.05) is 6.54 Å². The van der Waals surface area contributed by atoms with Gasteiger partial charge in [-0.25, -0.2) is 4.79 Å². The zero-order valence-corrected chi connectivity index (χ0v) is 15.2. The van der Waals surface area contributed by atoms with Gasteiger partial charge in [0.25, 0.3) is 0 Å². The van der Waals surface area contributed by atoms with Crippen LogP contribution in [0, 0.1) is 0 Å². The lowest BCUT2D eigenvalue weighted by atomic mass is 9.88. The fourth-order valence-corrected chi connectivity index (χ4v) is 3.06. The van der Waals surface area contributed by atoms with Crippen molar-refractivity contribution in [3.05, 3.63) is 35.4 Å². The van der Waals surface area contributed by atoms with Gasteiger partial charge in [-0.2, -0.15) is 0 Å². The summed E-state index contributed by atoms with van der Waals surface area (Å²) in [5.41, 5.74) is 1.78. The molecule has 6 nitrogen and oxygen atoms in total. The molecule has 1 saturated heterocycles. The molecular formula is C19H28N2O4. The number of aliphatic carboxylic acids is 1. The Morgan fingerprint density at radius 2 is 1.96 bits per heavy atom. The van der Waals surface area contributed by atoms with E-state index in [0.717, 1.165) is 31.5 Å². The van der Waals surface area contributed by atoms with Crippen molar-refractivity contribution >= 4 is 12.1 Å². The predicted octanol–water partition coefficient (Wildman–Crippen LogP) is 2.98. The van der Waals surface area contributed by atoms with E-state index in [4.69, 9.17) is 9.84 Å². The lowest BCUT2D eigenvalue weighted by Gasteiger charge is -2.31. The Morgan fingerprint density at radius 1 is 1.28 bits per heavy atom. The molecule has 6 heteroatoms. The van der Waals surface area contributed by atoms with Crippen molar-refractivity contribution in [3.63, 3.8) is 0 Å². The van der Waals surface area contributed by atoms with E-state index in [0.29, 0.717) is 12.5 Å². The van der Waals surface area contributed by atoms with Gasteiger partial charge in [0.1, 0.15) is 5.60 Å². The van der Waals surface area contributed by atoms with Gasteiger partial charge in [-0.1, -0.05) is 24.3 Å². The Labute approximate surface area is 149 Å². The molecule has 1 aliphatic rings. The summed E-state index contributed by atoms with van der Waals surface area (Å²) in [4.78, 5) is 24.5. The summed E-state index contributed by atoms with van der Waals surface area (Å²) in [6, 6.07) is 8.22. The Kier molecular flexibility index (Phi) is 6.42. The Bertz CT molecular complexity index is 602. The van der Waals surface area contributed by atoms with Crippen molar-refractivity contribution in [1.82, 2.24) is 10.2 Å². The number of ether oxygens (including phenoxy) is 1. The fraction of sp³-hybridized carbons (Fsp3) is 0.579. The number of likely N-dealkylation sites (tertiary alicyclic amines) is 1. The molecule has 0 radical (unpaired) electrons. The number of rotatable bonds is 5. The van der Waals surface area contributed by atoms with E-state index >= 15 is 0 Å². The van der Waals surface area contributed by atoms with Crippen LogP contribution in [0.3, 0.4) is 0 Å². The molecule has 1 heterocycles. The molecule has 0 saturated carbocycles. The molecule has 2 rings (SSSR count). The van der Waals surface area contributed by atoms with E-state index in [1.165, 1.54) is 5.56 Å². The van der Waals surface area contributed by atoms with Gasteiger partial charge in [0.05, 0.1) is 6.54 Å². The number of piperidine rings is 1. The molecule has 0 unspecified atom stereocenters. The first-order valence-corrected chi connectivity index (χ1v) is 8.73. The van der Waals surface area contributed by atoms with E-state index < -0.39 is 17.7 Å². The van der Waals surface area contributed by atoms with Crippen molar-refractivity contribution in [1.29, 1.82) is 0 Å². The third-order valence-electron chi connectivity index (χ3n) is 4.20. The van der Waals surface area contributed by atoms with Crippen LogP contribution in [-0.4, -0.2) is 47.3 Å². The maximum atomic E-state index is 11.8. The molecule has 0 spiro atoms. The second-order valence-electron chi connectivity index (χ2n) is 7.54. The molecular weight excluding hydrogens is 320 g/mol. The molecule has 1 aromatic carbocycles. The highest BCUT2D eigenvalue weighted by Crippen LogP contribution is 2.28. The van der Waals surface area contributed by atoms with Crippen LogP contribution in [0.15, 0.2) is 24.3 Å². The highest BCUT2D eigenvalue weighted by atomic mass is 16.6. The van der Waals surface area contributed by atoms with E-state index in [1.54, 1.807) is 0 Å². The number of carboxylic acids is 1. The fourth-order valence-electron chi connectivity index (χ4n) is 3.06. The summed E-state index contributed by atoms with van der Waals surface area (Å²) in [7, 11) is 0. The molecule has 1 amide bonds. The van der Waals surface area contributed by atoms with Crippen LogP contribution in [-0.2, 0) is 16.1 Å². The van der Waals surface area contributed by atoms with Crippen molar-refractivity contribution in [2.75, 3.05) is 19.6 Å². The molecule has 1 aliphatic heterocycles. The second-order valence-corrected chi connectivity index (χ2v) is 7.54. The Morgan fingerprint density at radius 3 is 2.56 bits per heavy atom. The molecule has 0 aromatic heterocycles. The number of alkyl carbamates (subject to hydrolysis) is 1. The third kappa shape index (κ3) is 6.74. The van der Waals surface area contributed by atoms with Crippen LogP contribution < -0.4 is 5.32 Å². The average molecular weight is 348 g/mol. The monoisotopic (exact) mass is 348 g/mol. The summed E-state index contributed by atoms with van der Waals surface area (Å²) in [6.45, 7) is 7.67. The topological polar surface area (TPSA) is 78.9 Å². The van der Waals surface area contributed by atoms with Crippen LogP contribution >= 0.6 is 0 Å². The lowest BCUT2D eigenvalue weighted by molar-refractivity contribution is -0.138. The summed E-state index contributed by atoms with van der Waals surface area (Å²) in [5.74, 6) is -0.333. The number of nitrogens with zero attached hydrogens (tertiary/aromatic N) is 1. The van der Waals surface area contributed by atoms with Crippen LogP contribution in [0.5, 0.6) is 0 Å². The molecule has 1 aromatic rings. The van der Waals surface area contributed by atoms with Gasteiger partial charge < -0.3 is 15.2 Å². The third-order valence-corrected chi connectivity index (χ3v) is 4.20. The van der Waals surface area contributed by atoms with Gasteiger partial charge in [-0.05, 0) is 63.7 Å². The van der Waals surface area contributed by atoms with Gasteiger partial charge in [-0.15, -0.1) is 0 Å². The predicted molar refractivity (Wildman–Crippen MR) is 95.6 cm³/mol. The minimum atomic E-state index is -0.770. The first-order valence-electron chi connectivity index (χ1n) is 8.73.